The van der Waals surface area contributed by atoms with E-state index >= 15 is 0 Å². The van der Waals surface area contributed by atoms with E-state index in [2.05, 4.69) is 10.2 Å². The van der Waals surface area contributed by atoms with E-state index in [9.17, 15) is 28.5 Å². The van der Waals surface area contributed by atoms with E-state index in [0.29, 0.717) is 29.2 Å². The molecule has 3 rings (SSSR count). The Morgan fingerprint density at radius 2 is 1.64 bits per heavy atom. The maximum Gasteiger partial charge on any atom is 0.325 e. The van der Waals surface area contributed by atoms with Crippen LogP contribution in [0.15, 0.2) is 78.9 Å². The number of allylic oxidation sites excluding steroid dienone is 3. The zero-order valence-electron chi connectivity index (χ0n) is 26.4. The van der Waals surface area contributed by atoms with Gasteiger partial charge in [0.15, 0.2) is 6.61 Å². The summed E-state index contributed by atoms with van der Waals surface area (Å²) in [6, 6.07) is 15.5. The first kappa shape index (κ1) is 38.7. The van der Waals surface area contributed by atoms with Gasteiger partial charge in [-0.15, -0.1) is 10.1 Å². The minimum atomic E-state index is -2.89. The molecule has 0 unspecified atom stereocenters. The van der Waals surface area contributed by atoms with Crippen molar-refractivity contribution in [1.82, 2.24) is 5.32 Å². The normalized spacial score (nSPS) is 12.9. The van der Waals surface area contributed by atoms with Crippen LogP contribution in [0.25, 0.3) is 0 Å². The summed E-state index contributed by atoms with van der Waals surface area (Å²) in [6.07, 6.45) is 12.8. The fraction of sp³-hybridized carbons (Fsp3) is 0.471. The minimum absolute atomic E-state index is 0.0484. The van der Waals surface area contributed by atoms with Crippen molar-refractivity contribution < 1.29 is 37.8 Å². The molecule has 248 valence electrons. The first-order valence-electron chi connectivity index (χ1n) is 15.3. The molecule has 0 saturated heterocycles. The predicted octanol–water partition coefficient (Wildman–Crippen LogP) is 7.77. The van der Waals surface area contributed by atoms with Crippen LogP contribution in [0.1, 0.15) is 76.8 Å². The molecule has 0 atom stereocenters. The lowest BCUT2D eigenvalue weighted by molar-refractivity contribution is -0.763. The zero-order chi connectivity index (χ0) is 33.3. The second-order valence-corrected chi connectivity index (χ2v) is 9.93. The third kappa shape index (κ3) is 18.9. The highest BCUT2D eigenvalue weighted by Crippen LogP contribution is 2.28. The van der Waals surface area contributed by atoms with Crippen LogP contribution in [0.4, 0.5) is 8.78 Å². The number of hydrogen-bond donors (Lipinski definition) is 1. The number of alkyl halides is 2. The number of esters is 1. The number of ether oxygens (including phenoxy) is 2. The molecular weight excluding hydrogens is 586 g/mol. The summed E-state index contributed by atoms with van der Waals surface area (Å²) in [4.78, 5) is 37.8. The summed E-state index contributed by atoms with van der Waals surface area (Å²) in [5.41, 5.74) is 1.16. The van der Waals surface area contributed by atoms with Crippen LogP contribution in [0.2, 0.25) is 0 Å². The van der Waals surface area contributed by atoms with Gasteiger partial charge >= 0.3 is 5.97 Å². The highest BCUT2D eigenvalue weighted by molar-refractivity contribution is 5.81. The molecule has 2 aromatic rings. The highest BCUT2D eigenvalue weighted by Gasteiger charge is 2.27. The number of halogens is 2. The van der Waals surface area contributed by atoms with Gasteiger partial charge in [0, 0.05) is 6.42 Å². The lowest BCUT2D eigenvalue weighted by atomic mass is 10.1. The van der Waals surface area contributed by atoms with E-state index in [1.165, 1.54) is 0 Å². The molecule has 45 heavy (non-hydrogen) atoms. The van der Waals surface area contributed by atoms with Crippen molar-refractivity contribution in [2.45, 2.75) is 84.9 Å². The molecular formula is C34H46F2N2O7. The molecule has 1 fully saturated rings. The van der Waals surface area contributed by atoms with Crippen LogP contribution in [0.5, 0.6) is 5.75 Å². The van der Waals surface area contributed by atoms with Gasteiger partial charge in [-0.2, -0.15) is 8.78 Å². The van der Waals surface area contributed by atoms with Gasteiger partial charge in [0.05, 0.1) is 0 Å². The maximum atomic E-state index is 13.6. The van der Waals surface area contributed by atoms with Crippen molar-refractivity contribution in [3.63, 3.8) is 0 Å². The van der Waals surface area contributed by atoms with Crippen LogP contribution >= 0.6 is 0 Å². The van der Waals surface area contributed by atoms with Gasteiger partial charge in [0.1, 0.15) is 25.5 Å². The number of rotatable bonds is 16. The van der Waals surface area contributed by atoms with Gasteiger partial charge in [0.25, 0.3) is 11.0 Å². The van der Waals surface area contributed by atoms with E-state index in [0.717, 1.165) is 44.6 Å². The number of carbonyl (C=O) groups excluding carboxylic acids is 2. The summed E-state index contributed by atoms with van der Waals surface area (Å²) >= 11 is 0. The van der Waals surface area contributed by atoms with Crippen molar-refractivity contribution in [2.75, 3.05) is 13.2 Å². The van der Waals surface area contributed by atoms with Gasteiger partial charge in [-0.05, 0) is 67.9 Å². The summed E-state index contributed by atoms with van der Waals surface area (Å²) in [6.45, 7) is 4.84. The molecule has 11 heteroatoms. The van der Waals surface area contributed by atoms with E-state index in [1.807, 2.05) is 39.0 Å². The summed E-state index contributed by atoms with van der Waals surface area (Å²) in [7, 11) is 0. The Morgan fingerprint density at radius 1 is 1.02 bits per heavy atom. The quantitative estimate of drug-likeness (QED) is 0.0660. The number of nitrogens with one attached hydrogen (secondary N) is 1. The van der Waals surface area contributed by atoms with Crippen molar-refractivity contribution in [3.8, 4) is 5.75 Å². The Labute approximate surface area is 264 Å². The van der Waals surface area contributed by atoms with Crippen LogP contribution < -0.4 is 10.1 Å². The lowest BCUT2D eigenvalue weighted by Crippen LogP contribution is -2.30. The summed E-state index contributed by atoms with van der Waals surface area (Å²) in [5, 5.41) is 11.9. The van der Waals surface area contributed by atoms with Crippen LogP contribution in [0.3, 0.4) is 0 Å². The summed E-state index contributed by atoms with van der Waals surface area (Å²) in [5.74, 6) is -2.87. The minimum Gasteiger partial charge on any atom is -0.487 e. The van der Waals surface area contributed by atoms with E-state index < -0.39 is 23.6 Å². The first-order valence-corrected chi connectivity index (χ1v) is 15.3. The third-order valence-electron chi connectivity index (χ3n) is 6.46. The van der Waals surface area contributed by atoms with Crippen LogP contribution in [-0.2, 0) is 32.4 Å². The number of carbonyl (C=O) groups is 2. The number of nitrogens with zero attached hydrogens (tertiary/aromatic N) is 1. The Balaban J connectivity index is 0.000000445. The average molecular weight is 633 g/mol. The second kappa shape index (κ2) is 23.1. The Hall–Kier alpha value is -4.28. The van der Waals surface area contributed by atoms with Gasteiger partial charge in [0.2, 0.25) is 5.91 Å². The molecule has 0 aliphatic heterocycles. The predicted molar refractivity (Wildman–Crippen MR) is 169 cm³/mol. The molecule has 1 N–H and O–H groups in total. The van der Waals surface area contributed by atoms with Gasteiger partial charge in [-0.1, -0.05) is 87.4 Å². The molecule has 0 spiro atoms. The number of amides is 1. The van der Waals surface area contributed by atoms with Crippen molar-refractivity contribution in [2.24, 2.45) is 5.92 Å². The maximum absolute atomic E-state index is 13.6. The van der Waals surface area contributed by atoms with E-state index in [-0.39, 0.29) is 25.7 Å². The van der Waals surface area contributed by atoms with E-state index in [1.54, 1.807) is 54.6 Å². The van der Waals surface area contributed by atoms with Gasteiger partial charge in [-0.25, -0.2) is 0 Å². The first-order chi connectivity index (χ1) is 21.7. The smallest absolute Gasteiger partial charge is 0.325 e. The monoisotopic (exact) mass is 632 g/mol. The van der Waals surface area contributed by atoms with E-state index in [4.69, 9.17) is 9.47 Å². The Bertz CT molecular complexity index is 1180. The van der Waals surface area contributed by atoms with Gasteiger partial charge < -0.3 is 19.6 Å². The summed E-state index contributed by atoms with van der Waals surface area (Å²) < 4.78 is 37.3. The molecule has 1 saturated carbocycles. The van der Waals surface area contributed by atoms with Gasteiger partial charge in [-0.3, -0.25) is 9.59 Å². The van der Waals surface area contributed by atoms with Crippen molar-refractivity contribution >= 4 is 11.9 Å². The molecule has 1 aliphatic carbocycles. The Kier molecular flexibility index (Phi) is 19.9. The molecule has 0 heterocycles. The lowest BCUT2D eigenvalue weighted by Gasteiger charge is -2.14. The Morgan fingerprint density at radius 3 is 2.27 bits per heavy atom. The molecule has 0 bridgehead atoms. The SMILES string of the molecule is C/C=C\CCCC(=O)NCC(=O)OCc1ccccc1CO[N+](=O)[O-].CC.FC(F)(/C=C/C1CCCC1)COc1ccccc1. The molecule has 9 nitrogen and oxygen atoms in total. The molecule has 2 aromatic carbocycles. The standard InChI is InChI=1S/C17H22N2O6.C15H18F2O.C2H6/c1-2-3-4-5-10-16(20)18-11-17(21)24-12-14-8-6-7-9-15(14)13-25-19(22)23;16-15(17,11-10-13-6-4-5-7-13)12-18-14-8-2-1-3-9-14;1-2/h2-3,6-9H,4-5,10-13H2,1H3,(H,18,20);1-3,8-11,13H,4-7,12H2;1-2H3/b3-2-;11-10+;. The average Bonchev–Trinajstić information content (AvgIpc) is 3.58. The number of benzene rings is 2. The molecule has 0 radical (unpaired) electrons. The van der Waals surface area contributed by atoms with Crippen molar-refractivity contribution in [1.29, 1.82) is 0 Å². The van der Waals surface area contributed by atoms with Crippen LogP contribution in [0, 0.1) is 16.0 Å². The highest BCUT2D eigenvalue weighted by atomic mass is 19.3. The fourth-order valence-corrected chi connectivity index (χ4v) is 4.15. The molecule has 1 amide bonds. The van der Waals surface area contributed by atoms with Crippen LogP contribution in [-0.4, -0.2) is 36.0 Å². The largest absolute Gasteiger partial charge is 0.487 e. The second-order valence-electron chi connectivity index (χ2n) is 9.93. The zero-order valence-corrected chi connectivity index (χ0v) is 26.4. The number of hydrogen-bond acceptors (Lipinski definition) is 7. The number of unbranched alkanes of at least 4 members (excludes halogenated alkanes) is 1. The fourth-order valence-electron chi connectivity index (χ4n) is 4.15. The molecule has 0 aromatic heterocycles. The topological polar surface area (TPSA) is 117 Å². The molecule has 1 aliphatic rings. The third-order valence-corrected chi connectivity index (χ3v) is 6.46. The van der Waals surface area contributed by atoms with Crippen molar-refractivity contribution in [3.05, 3.63) is 100 Å². The number of para-hydroxylation sites is 1.